The molecular formula is C31H28FNO2S. The Balaban J connectivity index is 1.51. The maximum absolute atomic E-state index is 14.2. The molecule has 5 heteroatoms. The first-order valence-corrected chi connectivity index (χ1v) is 12.5. The number of amides is 1. The molecule has 0 bridgehead atoms. The molecule has 0 aliphatic rings. The van der Waals surface area contributed by atoms with Crippen LogP contribution in [-0.2, 0) is 6.42 Å². The minimum absolute atomic E-state index is 0.0197. The quantitative estimate of drug-likeness (QED) is 0.276. The molecule has 0 aliphatic heterocycles. The van der Waals surface area contributed by atoms with E-state index < -0.39 is 0 Å². The fraction of sp³-hybridized carbons (Fsp3) is 0.129. The number of benzene rings is 4. The lowest BCUT2D eigenvalue weighted by molar-refractivity contribution is 0.0796. The Morgan fingerprint density at radius 2 is 1.58 bits per heavy atom. The van der Waals surface area contributed by atoms with Gasteiger partial charge in [-0.2, -0.15) is 0 Å². The summed E-state index contributed by atoms with van der Waals surface area (Å²) >= 11 is 1.51. The van der Waals surface area contributed by atoms with Gasteiger partial charge in [-0.25, -0.2) is 4.39 Å². The Morgan fingerprint density at radius 3 is 2.28 bits per heavy atom. The molecular weight excluding hydrogens is 469 g/mol. The van der Waals surface area contributed by atoms with Crippen molar-refractivity contribution >= 4 is 23.2 Å². The molecule has 1 N–H and O–H groups in total. The number of rotatable bonds is 8. The highest BCUT2D eigenvalue weighted by molar-refractivity contribution is 7.99. The summed E-state index contributed by atoms with van der Waals surface area (Å²) in [6.07, 6.45) is 0.800. The van der Waals surface area contributed by atoms with Crippen LogP contribution in [0.5, 0.6) is 5.75 Å². The highest BCUT2D eigenvalue weighted by atomic mass is 32.2. The number of hydrogen-bond acceptors (Lipinski definition) is 3. The molecule has 0 atom stereocenters. The lowest BCUT2D eigenvalue weighted by Crippen LogP contribution is -2.28. The highest BCUT2D eigenvalue weighted by Gasteiger charge is 2.16. The second-order valence-electron chi connectivity index (χ2n) is 8.71. The number of nitrogens with zero attached hydrogens (tertiary/aromatic N) is 1. The van der Waals surface area contributed by atoms with Crippen molar-refractivity contribution in [2.45, 2.75) is 23.1 Å². The number of phenols is 1. The second-order valence-corrected chi connectivity index (χ2v) is 9.79. The van der Waals surface area contributed by atoms with Gasteiger partial charge in [0.2, 0.25) is 0 Å². The molecule has 3 nitrogen and oxygen atoms in total. The fourth-order valence-electron chi connectivity index (χ4n) is 3.92. The van der Waals surface area contributed by atoms with Gasteiger partial charge in [0.1, 0.15) is 11.6 Å². The van der Waals surface area contributed by atoms with Gasteiger partial charge in [-0.15, -0.1) is 0 Å². The monoisotopic (exact) mass is 497 g/mol. The van der Waals surface area contributed by atoms with Gasteiger partial charge < -0.3 is 10.0 Å². The molecule has 1 amide bonds. The predicted molar refractivity (Wildman–Crippen MR) is 145 cm³/mol. The van der Waals surface area contributed by atoms with Crippen LogP contribution < -0.4 is 0 Å². The average Bonchev–Trinajstić information content (AvgIpc) is 2.89. The summed E-state index contributed by atoms with van der Waals surface area (Å²) in [5.41, 5.74) is 4.96. The van der Waals surface area contributed by atoms with Crippen molar-refractivity contribution in [3.8, 4) is 5.75 Å². The number of aryl methyl sites for hydroxylation is 1. The topological polar surface area (TPSA) is 40.5 Å². The summed E-state index contributed by atoms with van der Waals surface area (Å²) in [5.74, 6) is -0.199. The van der Waals surface area contributed by atoms with Crippen LogP contribution in [0.3, 0.4) is 0 Å². The number of carbonyl (C=O) groups excluding carboxylic acids is 1. The third-order valence-electron chi connectivity index (χ3n) is 6.05. The van der Waals surface area contributed by atoms with E-state index in [1.165, 1.54) is 29.5 Å². The summed E-state index contributed by atoms with van der Waals surface area (Å²) in [6, 6.07) is 27.2. The van der Waals surface area contributed by atoms with E-state index >= 15 is 0 Å². The van der Waals surface area contributed by atoms with Crippen molar-refractivity contribution in [1.29, 1.82) is 0 Å². The van der Waals surface area contributed by atoms with Gasteiger partial charge in [-0.05, 0) is 89.7 Å². The Kier molecular flexibility index (Phi) is 7.91. The van der Waals surface area contributed by atoms with Crippen LogP contribution in [0, 0.1) is 12.7 Å². The van der Waals surface area contributed by atoms with Crippen LogP contribution in [0.25, 0.3) is 5.57 Å². The van der Waals surface area contributed by atoms with Crippen molar-refractivity contribution in [3.05, 3.63) is 131 Å². The van der Waals surface area contributed by atoms with Crippen molar-refractivity contribution in [2.24, 2.45) is 0 Å². The summed E-state index contributed by atoms with van der Waals surface area (Å²) in [4.78, 5) is 16.6. The number of likely N-dealkylation sites (N-methyl/N-ethyl adjacent to an activating group) is 1. The molecule has 0 heterocycles. The molecule has 4 aromatic carbocycles. The Bertz CT molecular complexity index is 1380. The molecule has 0 aliphatic carbocycles. The first-order chi connectivity index (χ1) is 17.3. The lowest BCUT2D eigenvalue weighted by atomic mass is 9.99. The van der Waals surface area contributed by atoms with Gasteiger partial charge in [-0.3, -0.25) is 4.79 Å². The van der Waals surface area contributed by atoms with E-state index in [1.807, 2.05) is 50.4 Å². The molecule has 0 saturated heterocycles. The minimum atomic E-state index is -0.342. The third-order valence-corrected chi connectivity index (χ3v) is 7.30. The fourth-order valence-corrected chi connectivity index (χ4v) is 4.95. The number of aromatic hydroxyl groups is 1. The molecule has 0 fully saturated rings. The molecule has 0 radical (unpaired) electrons. The zero-order valence-electron chi connectivity index (χ0n) is 20.4. The van der Waals surface area contributed by atoms with Crippen molar-refractivity contribution in [1.82, 2.24) is 4.90 Å². The second kappa shape index (κ2) is 11.3. The zero-order chi connectivity index (χ0) is 25.7. The SMILES string of the molecule is C=C(c1ccc(O)cc1)c1cc(F)ccc1Sc1ccc(C(=O)N(C)CCc2ccccc2)cc1C. The number of phenolic OH excluding ortho intramolecular Hbond substituents is 1. The first kappa shape index (κ1) is 25.3. The molecule has 182 valence electrons. The summed E-state index contributed by atoms with van der Waals surface area (Å²) in [6.45, 7) is 6.78. The minimum Gasteiger partial charge on any atom is -0.508 e. The number of carbonyl (C=O) groups is 1. The van der Waals surface area contributed by atoms with Crippen LogP contribution in [0.1, 0.15) is 32.6 Å². The van der Waals surface area contributed by atoms with Crippen molar-refractivity contribution in [3.63, 3.8) is 0 Å². The number of halogens is 1. The van der Waals surface area contributed by atoms with E-state index in [1.54, 1.807) is 35.2 Å². The summed E-state index contributed by atoms with van der Waals surface area (Å²) < 4.78 is 14.2. The summed E-state index contributed by atoms with van der Waals surface area (Å²) in [5, 5.41) is 9.59. The van der Waals surface area contributed by atoms with E-state index in [0.717, 1.165) is 27.3 Å². The third kappa shape index (κ3) is 6.04. The number of hydrogen-bond donors (Lipinski definition) is 1. The zero-order valence-corrected chi connectivity index (χ0v) is 21.2. The first-order valence-electron chi connectivity index (χ1n) is 11.7. The van der Waals surface area contributed by atoms with Gasteiger partial charge in [0.15, 0.2) is 0 Å². The van der Waals surface area contributed by atoms with E-state index in [9.17, 15) is 14.3 Å². The standard InChI is InChI=1S/C31H28FNO2S/c1-21-19-25(31(35)33(3)18-17-23-7-5-4-6-8-23)11-15-29(21)36-30-16-12-26(32)20-28(30)22(2)24-9-13-27(34)14-10-24/h4-16,19-20,34H,2,17-18H2,1,3H3. The van der Waals surface area contributed by atoms with Crippen LogP contribution >= 0.6 is 11.8 Å². The smallest absolute Gasteiger partial charge is 0.253 e. The van der Waals surface area contributed by atoms with E-state index in [4.69, 9.17) is 0 Å². The van der Waals surface area contributed by atoms with Crippen molar-refractivity contribution in [2.75, 3.05) is 13.6 Å². The van der Waals surface area contributed by atoms with E-state index in [0.29, 0.717) is 23.2 Å². The Labute approximate surface area is 215 Å². The molecule has 0 aromatic heterocycles. The molecule has 0 saturated carbocycles. The maximum atomic E-state index is 14.2. The van der Waals surface area contributed by atoms with Crippen LogP contribution in [-0.4, -0.2) is 29.5 Å². The molecule has 4 rings (SSSR count). The normalized spacial score (nSPS) is 10.8. The average molecular weight is 498 g/mol. The van der Waals surface area contributed by atoms with Gasteiger partial charge in [-0.1, -0.05) is 60.8 Å². The molecule has 36 heavy (non-hydrogen) atoms. The largest absolute Gasteiger partial charge is 0.508 e. The van der Waals surface area contributed by atoms with Gasteiger partial charge in [0.05, 0.1) is 0 Å². The summed E-state index contributed by atoms with van der Waals surface area (Å²) in [7, 11) is 1.82. The Hall–Kier alpha value is -3.83. The van der Waals surface area contributed by atoms with Crippen LogP contribution in [0.4, 0.5) is 4.39 Å². The van der Waals surface area contributed by atoms with E-state index in [2.05, 4.69) is 18.7 Å². The molecule has 0 spiro atoms. The van der Waals surface area contributed by atoms with E-state index in [-0.39, 0.29) is 17.5 Å². The highest BCUT2D eigenvalue weighted by Crippen LogP contribution is 2.38. The maximum Gasteiger partial charge on any atom is 0.253 e. The van der Waals surface area contributed by atoms with Gasteiger partial charge in [0.25, 0.3) is 5.91 Å². The van der Waals surface area contributed by atoms with Crippen molar-refractivity contribution < 1.29 is 14.3 Å². The Morgan fingerprint density at radius 1 is 0.917 bits per heavy atom. The van der Waals surface area contributed by atoms with Gasteiger partial charge >= 0.3 is 0 Å². The predicted octanol–water partition coefficient (Wildman–Crippen LogP) is 7.37. The lowest BCUT2D eigenvalue weighted by Gasteiger charge is -2.18. The van der Waals surface area contributed by atoms with Crippen LogP contribution in [0.15, 0.2) is 107 Å². The van der Waals surface area contributed by atoms with Gasteiger partial charge in [0, 0.05) is 28.9 Å². The molecule has 4 aromatic rings. The van der Waals surface area contributed by atoms with Crippen LogP contribution in [0.2, 0.25) is 0 Å². The molecule has 0 unspecified atom stereocenters.